The summed E-state index contributed by atoms with van der Waals surface area (Å²) in [5, 5.41) is 1.42. The second-order valence-corrected chi connectivity index (χ2v) is 5.67. The third-order valence-electron chi connectivity index (χ3n) is 3.39. The van der Waals surface area contributed by atoms with Gasteiger partial charge in [0.05, 0.1) is 0 Å². The zero-order valence-corrected chi connectivity index (χ0v) is 11.6. The fraction of sp³-hybridized carbons (Fsp3) is 0.200. The maximum Gasteiger partial charge on any atom is 0.289 e. The van der Waals surface area contributed by atoms with E-state index in [2.05, 4.69) is 0 Å². The highest BCUT2D eigenvalue weighted by molar-refractivity contribution is 8.15. The van der Waals surface area contributed by atoms with Gasteiger partial charge in [0.15, 0.2) is 0 Å². The number of benzene rings is 2. The number of imide groups is 1. The van der Waals surface area contributed by atoms with Crippen LogP contribution in [0.3, 0.4) is 0 Å². The number of fused-ring (bicyclic) bond motifs is 1. The molecule has 0 saturated carbocycles. The summed E-state index contributed by atoms with van der Waals surface area (Å²) in [5.41, 5.74) is 6.35. The predicted molar refractivity (Wildman–Crippen MR) is 80.4 cm³/mol. The van der Waals surface area contributed by atoms with E-state index in [1.54, 1.807) is 0 Å². The van der Waals surface area contributed by atoms with Crippen LogP contribution in [-0.4, -0.2) is 29.1 Å². The summed E-state index contributed by atoms with van der Waals surface area (Å²) in [7, 11) is 0. The Labute approximate surface area is 120 Å². The molecule has 0 spiro atoms. The molecule has 0 aromatic heterocycles. The average molecular weight is 286 g/mol. The molecule has 1 fully saturated rings. The van der Waals surface area contributed by atoms with E-state index >= 15 is 0 Å². The van der Waals surface area contributed by atoms with Gasteiger partial charge in [0, 0.05) is 13.1 Å². The summed E-state index contributed by atoms with van der Waals surface area (Å²) in [5.74, 6) is -0.165. The molecule has 2 aromatic rings. The van der Waals surface area contributed by atoms with Gasteiger partial charge in [0.1, 0.15) is 5.25 Å². The monoisotopic (exact) mass is 286 g/mol. The Bertz CT molecular complexity index is 681. The van der Waals surface area contributed by atoms with E-state index in [1.165, 1.54) is 4.90 Å². The molecule has 2 N–H and O–H groups in total. The van der Waals surface area contributed by atoms with Gasteiger partial charge in [0.2, 0.25) is 5.91 Å². The lowest BCUT2D eigenvalue weighted by Crippen LogP contribution is -2.34. The summed E-state index contributed by atoms with van der Waals surface area (Å²) >= 11 is 1.07. The molecule has 102 valence electrons. The van der Waals surface area contributed by atoms with E-state index in [4.69, 9.17) is 5.73 Å². The van der Waals surface area contributed by atoms with Gasteiger partial charge in [-0.05, 0) is 28.1 Å². The Morgan fingerprint density at radius 2 is 1.85 bits per heavy atom. The van der Waals surface area contributed by atoms with Crippen molar-refractivity contribution in [3.8, 4) is 0 Å². The van der Waals surface area contributed by atoms with E-state index in [0.717, 1.165) is 28.1 Å². The van der Waals surface area contributed by atoms with Gasteiger partial charge < -0.3 is 5.73 Å². The van der Waals surface area contributed by atoms with Crippen LogP contribution in [0.2, 0.25) is 0 Å². The number of thioether (sulfide) groups is 1. The predicted octanol–water partition coefficient (Wildman–Crippen LogP) is 2.54. The zero-order chi connectivity index (χ0) is 14.1. The summed E-state index contributed by atoms with van der Waals surface area (Å²) < 4.78 is 0. The lowest BCUT2D eigenvalue weighted by atomic mass is 10.0. The third-order valence-corrected chi connectivity index (χ3v) is 4.50. The van der Waals surface area contributed by atoms with E-state index < -0.39 is 5.25 Å². The molecule has 1 saturated heterocycles. The highest BCUT2D eigenvalue weighted by atomic mass is 32.2. The highest BCUT2D eigenvalue weighted by Gasteiger charge is 2.40. The molecule has 5 heteroatoms. The molecule has 1 atom stereocenters. The molecule has 0 radical (unpaired) electrons. The minimum atomic E-state index is -0.458. The molecule has 1 aliphatic heterocycles. The van der Waals surface area contributed by atoms with Crippen LogP contribution >= 0.6 is 11.8 Å². The van der Waals surface area contributed by atoms with E-state index in [0.29, 0.717) is 6.54 Å². The Balaban J connectivity index is 2.04. The van der Waals surface area contributed by atoms with E-state index in [9.17, 15) is 9.59 Å². The van der Waals surface area contributed by atoms with Gasteiger partial charge in [-0.2, -0.15) is 0 Å². The van der Waals surface area contributed by atoms with Gasteiger partial charge in [-0.1, -0.05) is 42.5 Å². The summed E-state index contributed by atoms with van der Waals surface area (Å²) in [6.45, 7) is 0.576. The van der Waals surface area contributed by atoms with E-state index in [-0.39, 0.29) is 17.7 Å². The lowest BCUT2D eigenvalue weighted by Gasteiger charge is -2.13. The highest BCUT2D eigenvalue weighted by Crippen LogP contribution is 2.41. The molecule has 3 rings (SSSR count). The first-order valence-corrected chi connectivity index (χ1v) is 7.30. The number of carbonyl (C=O) groups is 2. The van der Waals surface area contributed by atoms with Crippen LogP contribution < -0.4 is 5.73 Å². The average Bonchev–Trinajstić information content (AvgIpc) is 2.75. The van der Waals surface area contributed by atoms with Crippen LogP contribution in [0.1, 0.15) is 10.8 Å². The first-order valence-electron chi connectivity index (χ1n) is 6.42. The Morgan fingerprint density at radius 1 is 1.10 bits per heavy atom. The molecule has 2 aromatic carbocycles. The molecule has 0 aliphatic carbocycles. The normalized spacial score (nSPS) is 19.1. The largest absolute Gasteiger partial charge is 0.329 e. The van der Waals surface area contributed by atoms with Crippen molar-refractivity contribution in [3.63, 3.8) is 0 Å². The van der Waals surface area contributed by atoms with Crippen molar-refractivity contribution >= 4 is 33.7 Å². The van der Waals surface area contributed by atoms with Gasteiger partial charge in [-0.15, -0.1) is 0 Å². The van der Waals surface area contributed by atoms with Crippen LogP contribution in [0, 0.1) is 0 Å². The smallest absolute Gasteiger partial charge is 0.289 e. The maximum atomic E-state index is 12.4. The Kier molecular flexibility index (Phi) is 3.46. The van der Waals surface area contributed by atoms with Gasteiger partial charge in [0.25, 0.3) is 5.24 Å². The van der Waals surface area contributed by atoms with Crippen molar-refractivity contribution in [1.29, 1.82) is 0 Å². The van der Waals surface area contributed by atoms with Crippen molar-refractivity contribution in [2.45, 2.75) is 5.25 Å². The van der Waals surface area contributed by atoms with Crippen molar-refractivity contribution in [2.75, 3.05) is 13.1 Å². The minimum absolute atomic E-state index is 0.165. The molecule has 20 heavy (non-hydrogen) atoms. The van der Waals surface area contributed by atoms with Gasteiger partial charge in [-0.3, -0.25) is 14.5 Å². The number of hydrogen-bond donors (Lipinski definition) is 1. The summed E-state index contributed by atoms with van der Waals surface area (Å²) in [4.78, 5) is 25.5. The number of nitrogens with zero attached hydrogens (tertiary/aromatic N) is 1. The van der Waals surface area contributed by atoms with Gasteiger partial charge >= 0.3 is 0 Å². The Morgan fingerprint density at radius 3 is 2.65 bits per heavy atom. The molecule has 1 aliphatic rings. The number of amides is 2. The molecule has 2 amide bonds. The van der Waals surface area contributed by atoms with Crippen molar-refractivity contribution in [1.82, 2.24) is 4.90 Å². The van der Waals surface area contributed by atoms with Crippen molar-refractivity contribution < 1.29 is 9.59 Å². The molecular weight excluding hydrogens is 272 g/mol. The fourth-order valence-electron chi connectivity index (χ4n) is 2.45. The first kappa shape index (κ1) is 13.1. The standard InChI is InChI=1S/C15H14N2O2S/c16-8-9-17-14(18)13(20-15(17)19)12-7-3-5-10-4-1-2-6-11(10)12/h1-7,13H,8-9,16H2. The quantitative estimate of drug-likeness (QED) is 0.941. The number of rotatable bonds is 3. The zero-order valence-electron chi connectivity index (χ0n) is 10.8. The van der Waals surface area contributed by atoms with Gasteiger partial charge in [-0.25, -0.2) is 0 Å². The van der Waals surface area contributed by atoms with Crippen LogP contribution in [0.4, 0.5) is 4.79 Å². The summed E-state index contributed by atoms with van der Waals surface area (Å²) in [6, 6.07) is 13.7. The SMILES string of the molecule is NCCN1C(=O)SC(c2cccc3ccccc23)C1=O. The van der Waals surface area contributed by atoms with Crippen molar-refractivity contribution in [2.24, 2.45) is 5.73 Å². The fourth-order valence-corrected chi connectivity index (χ4v) is 3.52. The topological polar surface area (TPSA) is 63.4 Å². The number of hydrogen-bond acceptors (Lipinski definition) is 4. The molecule has 1 unspecified atom stereocenters. The molecule has 4 nitrogen and oxygen atoms in total. The van der Waals surface area contributed by atoms with Crippen LogP contribution in [0.15, 0.2) is 42.5 Å². The minimum Gasteiger partial charge on any atom is -0.329 e. The number of nitrogens with two attached hydrogens (primary N) is 1. The van der Waals surface area contributed by atoms with Crippen LogP contribution in [0.5, 0.6) is 0 Å². The number of carbonyl (C=O) groups excluding carboxylic acids is 2. The first-order chi connectivity index (χ1) is 9.72. The summed E-state index contributed by atoms with van der Waals surface area (Å²) in [6.07, 6.45) is 0. The lowest BCUT2D eigenvalue weighted by molar-refractivity contribution is -0.126. The molecule has 1 heterocycles. The Hall–Kier alpha value is -1.85. The van der Waals surface area contributed by atoms with Crippen molar-refractivity contribution in [3.05, 3.63) is 48.0 Å². The second kappa shape index (κ2) is 5.26. The van der Waals surface area contributed by atoms with Crippen LogP contribution in [-0.2, 0) is 4.79 Å². The third kappa shape index (κ3) is 2.09. The van der Waals surface area contributed by atoms with Crippen LogP contribution in [0.25, 0.3) is 10.8 Å². The maximum absolute atomic E-state index is 12.4. The second-order valence-electron chi connectivity index (χ2n) is 4.61. The molecule has 0 bridgehead atoms. The molecular formula is C15H14N2O2S. The van der Waals surface area contributed by atoms with E-state index in [1.807, 2.05) is 42.5 Å².